The van der Waals surface area contributed by atoms with Crippen molar-refractivity contribution in [3.8, 4) is 11.8 Å². The van der Waals surface area contributed by atoms with Gasteiger partial charge in [0, 0.05) is 0 Å². The van der Waals surface area contributed by atoms with Crippen LogP contribution in [-0.2, 0) is 6.42 Å². The highest BCUT2D eigenvalue weighted by Crippen LogP contribution is 2.14. The van der Waals surface area contributed by atoms with Crippen LogP contribution in [0.2, 0.25) is 0 Å². The number of benzene rings is 1. The van der Waals surface area contributed by atoms with Crippen molar-refractivity contribution in [2.24, 2.45) is 5.92 Å². The minimum atomic E-state index is -0.316. The molecule has 0 aliphatic carbocycles. The van der Waals surface area contributed by atoms with Gasteiger partial charge >= 0.3 is 0 Å². The van der Waals surface area contributed by atoms with E-state index >= 15 is 0 Å². The maximum absolute atomic E-state index is 8.84. The molecule has 1 aromatic carbocycles. The highest BCUT2D eigenvalue weighted by atomic mass is 16.5. The first-order chi connectivity index (χ1) is 6.80. The Morgan fingerprint density at radius 3 is 2.50 bits per heavy atom. The molecule has 0 radical (unpaired) electrons. The molecule has 0 saturated carbocycles. The summed E-state index contributed by atoms with van der Waals surface area (Å²) in [4.78, 5) is 0. The third-order valence-electron chi connectivity index (χ3n) is 2.04. The van der Waals surface area contributed by atoms with Gasteiger partial charge in [0.2, 0.25) is 0 Å². The summed E-state index contributed by atoms with van der Waals surface area (Å²) in [6.45, 7) is -0.0947. The first-order valence-electron chi connectivity index (χ1n) is 4.43. The Morgan fingerprint density at radius 1 is 1.43 bits per heavy atom. The number of aliphatic hydroxyl groups excluding tert-OH is 1. The third-order valence-corrected chi connectivity index (χ3v) is 2.04. The van der Waals surface area contributed by atoms with Crippen LogP contribution in [0.4, 0.5) is 0 Å². The third kappa shape index (κ3) is 2.75. The second kappa shape index (κ2) is 5.25. The molecule has 0 heterocycles. The van der Waals surface area contributed by atoms with E-state index in [1.165, 1.54) is 0 Å². The van der Waals surface area contributed by atoms with Crippen LogP contribution < -0.4 is 4.74 Å². The van der Waals surface area contributed by atoms with Crippen molar-refractivity contribution >= 4 is 0 Å². The first-order valence-corrected chi connectivity index (χ1v) is 4.43. The molecule has 0 fully saturated rings. The van der Waals surface area contributed by atoms with Crippen molar-refractivity contribution in [1.29, 1.82) is 5.26 Å². The lowest BCUT2D eigenvalue weighted by atomic mass is 10.0. The van der Waals surface area contributed by atoms with E-state index in [4.69, 9.17) is 15.1 Å². The molecule has 0 aliphatic heterocycles. The summed E-state index contributed by atoms with van der Waals surface area (Å²) in [6.07, 6.45) is 0.580. The van der Waals surface area contributed by atoms with Gasteiger partial charge in [-0.25, -0.2) is 0 Å². The van der Waals surface area contributed by atoms with Crippen LogP contribution in [0.3, 0.4) is 0 Å². The summed E-state index contributed by atoms with van der Waals surface area (Å²) in [7, 11) is 1.61. The zero-order valence-electron chi connectivity index (χ0n) is 8.10. The van der Waals surface area contributed by atoms with Gasteiger partial charge in [-0.2, -0.15) is 5.26 Å². The zero-order chi connectivity index (χ0) is 10.4. The van der Waals surface area contributed by atoms with Crippen molar-refractivity contribution < 1.29 is 9.84 Å². The SMILES string of the molecule is COc1ccc(C[C@H](C#N)CO)cc1. The summed E-state index contributed by atoms with van der Waals surface area (Å²) < 4.78 is 5.01. The van der Waals surface area contributed by atoms with E-state index in [-0.39, 0.29) is 12.5 Å². The molecule has 0 spiro atoms. The second-order valence-corrected chi connectivity index (χ2v) is 3.06. The first kappa shape index (κ1) is 10.6. The highest BCUT2D eigenvalue weighted by Gasteiger charge is 2.06. The van der Waals surface area contributed by atoms with Crippen LogP contribution >= 0.6 is 0 Å². The predicted molar refractivity (Wildman–Crippen MR) is 52.9 cm³/mol. The van der Waals surface area contributed by atoms with Gasteiger partial charge in [0.1, 0.15) is 5.75 Å². The van der Waals surface area contributed by atoms with Crippen LogP contribution in [0.1, 0.15) is 5.56 Å². The average molecular weight is 191 g/mol. The summed E-state index contributed by atoms with van der Waals surface area (Å²) in [5.74, 6) is 0.481. The molecule has 1 atom stereocenters. The van der Waals surface area contributed by atoms with E-state index in [9.17, 15) is 0 Å². The lowest BCUT2D eigenvalue weighted by molar-refractivity contribution is 0.255. The Kier molecular flexibility index (Phi) is 3.96. The number of hydrogen-bond donors (Lipinski definition) is 1. The van der Waals surface area contributed by atoms with Gasteiger partial charge in [-0.05, 0) is 24.1 Å². The van der Waals surface area contributed by atoms with Gasteiger partial charge in [-0.15, -0.1) is 0 Å². The lowest BCUT2D eigenvalue weighted by Crippen LogP contribution is -2.06. The van der Waals surface area contributed by atoms with E-state index in [0.717, 1.165) is 11.3 Å². The standard InChI is InChI=1S/C11H13NO2/c1-14-11-4-2-9(3-5-11)6-10(7-12)8-13/h2-5,10,13H,6,8H2,1H3/t10-/m1/s1. The number of rotatable bonds is 4. The molecule has 0 aliphatic rings. The molecule has 1 aromatic rings. The Morgan fingerprint density at radius 2 is 2.07 bits per heavy atom. The van der Waals surface area contributed by atoms with Crippen molar-refractivity contribution in [2.45, 2.75) is 6.42 Å². The topological polar surface area (TPSA) is 53.2 Å². The molecule has 0 saturated heterocycles. The number of nitriles is 1. The molecular weight excluding hydrogens is 178 g/mol. The maximum Gasteiger partial charge on any atom is 0.118 e. The Balaban J connectivity index is 2.64. The summed E-state index contributed by atoms with van der Waals surface area (Å²) in [5, 5.41) is 17.5. The van der Waals surface area contributed by atoms with Gasteiger partial charge in [-0.1, -0.05) is 12.1 Å². The van der Waals surface area contributed by atoms with Crippen molar-refractivity contribution in [2.75, 3.05) is 13.7 Å². The Labute approximate surface area is 83.6 Å². The molecule has 0 aromatic heterocycles. The van der Waals surface area contributed by atoms with Crippen LogP contribution in [0.25, 0.3) is 0 Å². The van der Waals surface area contributed by atoms with Crippen molar-refractivity contribution in [1.82, 2.24) is 0 Å². The van der Waals surface area contributed by atoms with Gasteiger partial charge in [0.05, 0.1) is 25.7 Å². The summed E-state index contributed by atoms with van der Waals surface area (Å²) >= 11 is 0. The van der Waals surface area contributed by atoms with Crippen molar-refractivity contribution in [3.63, 3.8) is 0 Å². The van der Waals surface area contributed by atoms with E-state index in [0.29, 0.717) is 6.42 Å². The zero-order valence-corrected chi connectivity index (χ0v) is 8.10. The molecular formula is C11H13NO2. The fourth-order valence-corrected chi connectivity index (χ4v) is 1.20. The Bertz CT molecular complexity index is 313. The van der Waals surface area contributed by atoms with Crippen LogP contribution in [-0.4, -0.2) is 18.8 Å². The number of nitrogens with zero attached hydrogens (tertiary/aromatic N) is 1. The van der Waals surface area contributed by atoms with Gasteiger partial charge in [0.15, 0.2) is 0 Å². The molecule has 0 bridgehead atoms. The lowest BCUT2D eigenvalue weighted by Gasteiger charge is -2.06. The van der Waals surface area contributed by atoms with Crippen LogP contribution in [0.15, 0.2) is 24.3 Å². The Hall–Kier alpha value is -1.53. The molecule has 3 heteroatoms. The van der Waals surface area contributed by atoms with Crippen LogP contribution in [0, 0.1) is 17.2 Å². The fraction of sp³-hybridized carbons (Fsp3) is 0.364. The number of ether oxygens (including phenoxy) is 1. The molecule has 14 heavy (non-hydrogen) atoms. The van der Waals surface area contributed by atoms with Crippen molar-refractivity contribution in [3.05, 3.63) is 29.8 Å². The minimum absolute atomic E-state index is 0.0947. The predicted octanol–water partition coefficient (Wildman–Crippen LogP) is 1.37. The highest BCUT2D eigenvalue weighted by molar-refractivity contribution is 5.27. The molecule has 1 rings (SSSR count). The van der Waals surface area contributed by atoms with Crippen LogP contribution in [0.5, 0.6) is 5.75 Å². The van der Waals surface area contributed by atoms with E-state index < -0.39 is 0 Å². The maximum atomic E-state index is 8.84. The fourth-order valence-electron chi connectivity index (χ4n) is 1.20. The molecule has 74 valence electrons. The summed E-state index contributed by atoms with van der Waals surface area (Å²) in [6, 6.07) is 9.55. The van der Waals surface area contributed by atoms with Gasteiger partial charge in [0.25, 0.3) is 0 Å². The number of aliphatic hydroxyl groups is 1. The molecule has 0 amide bonds. The quantitative estimate of drug-likeness (QED) is 0.782. The molecule has 3 nitrogen and oxygen atoms in total. The average Bonchev–Trinajstić information content (AvgIpc) is 2.26. The van der Waals surface area contributed by atoms with Gasteiger partial charge in [-0.3, -0.25) is 0 Å². The number of methoxy groups -OCH3 is 1. The van der Waals surface area contributed by atoms with E-state index in [2.05, 4.69) is 0 Å². The normalized spacial score (nSPS) is 11.8. The van der Waals surface area contributed by atoms with E-state index in [1.807, 2.05) is 30.3 Å². The summed E-state index contributed by atoms with van der Waals surface area (Å²) in [5.41, 5.74) is 1.03. The minimum Gasteiger partial charge on any atom is -0.497 e. The number of hydrogen-bond acceptors (Lipinski definition) is 3. The van der Waals surface area contributed by atoms with Gasteiger partial charge < -0.3 is 9.84 Å². The largest absolute Gasteiger partial charge is 0.497 e. The molecule has 0 unspecified atom stereocenters. The second-order valence-electron chi connectivity index (χ2n) is 3.06. The molecule has 1 N–H and O–H groups in total. The monoisotopic (exact) mass is 191 g/mol. The smallest absolute Gasteiger partial charge is 0.118 e. The van der Waals surface area contributed by atoms with E-state index in [1.54, 1.807) is 7.11 Å².